The molecule has 0 saturated heterocycles. The third-order valence-electron chi connectivity index (χ3n) is 5.88. The molecule has 4 rings (SSSR count). The second-order valence-electron chi connectivity index (χ2n) is 8.11. The van der Waals surface area contributed by atoms with Crippen molar-refractivity contribution in [1.29, 1.82) is 0 Å². The summed E-state index contributed by atoms with van der Waals surface area (Å²) in [6.45, 7) is 7.39. The molecule has 31 heavy (non-hydrogen) atoms. The summed E-state index contributed by atoms with van der Waals surface area (Å²) in [6, 6.07) is 9.98. The van der Waals surface area contributed by atoms with E-state index in [9.17, 15) is 9.59 Å². The van der Waals surface area contributed by atoms with Gasteiger partial charge in [-0.1, -0.05) is 25.1 Å². The number of amides is 2. The quantitative estimate of drug-likeness (QED) is 0.537. The summed E-state index contributed by atoms with van der Waals surface area (Å²) in [6.07, 6.45) is 2.56. The van der Waals surface area contributed by atoms with E-state index in [2.05, 4.69) is 47.0 Å². The van der Waals surface area contributed by atoms with Crippen LogP contribution in [0.4, 0.5) is 10.8 Å². The van der Waals surface area contributed by atoms with Crippen LogP contribution in [0.5, 0.6) is 0 Å². The lowest BCUT2D eigenvalue weighted by Gasteiger charge is -2.24. The van der Waals surface area contributed by atoms with E-state index in [-0.39, 0.29) is 17.7 Å². The van der Waals surface area contributed by atoms with Gasteiger partial charge in [0.05, 0.1) is 5.69 Å². The number of aryl methyl sites for hydroxylation is 1. The number of nitrogens with one attached hydrogen (secondary N) is 2. The van der Waals surface area contributed by atoms with Gasteiger partial charge >= 0.3 is 0 Å². The van der Waals surface area contributed by atoms with E-state index < -0.39 is 0 Å². The Labute approximate surface area is 186 Å². The van der Waals surface area contributed by atoms with Gasteiger partial charge in [0.25, 0.3) is 0 Å². The fourth-order valence-electron chi connectivity index (χ4n) is 4.22. The van der Waals surface area contributed by atoms with Crippen LogP contribution in [-0.2, 0) is 22.6 Å². The van der Waals surface area contributed by atoms with Crippen LogP contribution >= 0.6 is 11.3 Å². The second-order valence-corrected chi connectivity index (χ2v) is 8.97. The van der Waals surface area contributed by atoms with Crippen molar-refractivity contribution in [3.05, 3.63) is 52.7 Å². The normalized spacial score (nSPS) is 15.5. The molecule has 0 fully saturated rings. The van der Waals surface area contributed by atoms with Crippen molar-refractivity contribution in [3.63, 3.8) is 0 Å². The largest absolute Gasteiger partial charge is 0.348 e. The summed E-state index contributed by atoms with van der Waals surface area (Å²) in [4.78, 5) is 29.5. The zero-order valence-electron chi connectivity index (χ0n) is 18.2. The molecule has 0 saturated carbocycles. The van der Waals surface area contributed by atoms with E-state index in [4.69, 9.17) is 0 Å². The van der Waals surface area contributed by atoms with Gasteiger partial charge in [-0.25, -0.2) is 4.98 Å². The van der Waals surface area contributed by atoms with Crippen LogP contribution in [0.25, 0.3) is 11.3 Å². The van der Waals surface area contributed by atoms with Crippen LogP contribution in [-0.4, -0.2) is 21.4 Å². The van der Waals surface area contributed by atoms with E-state index in [1.54, 1.807) is 0 Å². The Bertz CT molecular complexity index is 1110. The van der Waals surface area contributed by atoms with Crippen LogP contribution in [0.2, 0.25) is 0 Å². The maximum Gasteiger partial charge on any atom is 0.227 e. The number of para-hydroxylation sites is 1. The first-order valence-corrected chi connectivity index (χ1v) is 11.7. The molecule has 1 aliphatic rings. The Morgan fingerprint density at radius 3 is 2.94 bits per heavy atom. The van der Waals surface area contributed by atoms with Gasteiger partial charge in [-0.3, -0.25) is 9.59 Å². The second kappa shape index (κ2) is 9.06. The fourth-order valence-corrected chi connectivity index (χ4v) is 4.94. The van der Waals surface area contributed by atoms with E-state index >= 15 is 0 Å². The Morgan fingerprint density at radius 1 is 1.32 bits per heavy atom. The number of anilines is 2. The molecule has 1 aliphatic heterocycles. The number of benzene rings is 1. The molecule has 1 aromatic carbocycles. The van der Waals surface area contributed by atoms with Crippen molar-refractivity contribution < 1.29 is 9.59 Å². The molecule has 0 bridgehead atoms. The molecule has 3 heterocycles. The van der Waals surface area contributed by atoms with Gasteiger partial charge in [0.2, 0.25) is 11.8 Å². The topological polar surface area (TPSA) is 76.0 Å². The molecule has 2 N–H and O–H groups in total. The molecule has 2 amide bonds. The monoisotopic (exact) mass is 436 g/mol. The maximum absolute atomic E-state index is 12.5. The lowest BCUT2D eigenvalue weighted by Crippen LogP contribution is -2.30. The summed E-state index contributed by atoms with van der Waals surface area (Å²) in [5.41, 5.74) is 6.42. The number of hydrogen-bond acceptors (Lipinski definition) is 4. The maximum atomic E-state index is 12.5. The Balaban J connectivity index is 1.36. The fraction of sp³-hybridized carbons (Fsp3) is 0.375. The van der Waals surface area contributed by atoms with Crippen molar-refractivity contribution in [2.45, 2.75) is 53.0 Å². The molecule has 2 aromatic heterocycles. The SMILES string of the molecule is CCCn1c(C)cc(-c2csc(NC(=O)CCC3Cc4ccccc4NC3=O)n2)c1C. The predicted octanol–water partition coefficient (Wildman–Crippen LogP) is 5.17. The molecule has 7 heteroatoms. The third kappa shape index (κ3) is 4.56. The first-order valence-electron chi connectivity index (χ1n) is 10.8. The van der Waals surface area contributed by atoms with Gasteiger partial charge in [0.15, 0.2) is 5.13 Å². The first-order chi connectivity index (χ1) is 15.0. The highest BCUT2D eigenvalue weighted by molar-refractivity contribution is 7.14. The van der Waals surface area contributed by atoms with Gasteiger partial charge in [-0.15, -0.1) is 11.3 Å². The van der Waals surface area contributed by atoms with Crippen molar-refractivity contribution in [2.75, 3.05) is 10.6 Å². The van der Waals surface area contributed by atoms with Gasteiger partial charge in [-0.2, -0.15) is 0 Å². The summed E-state index contributed by atoms with van der Waals surface area (Å²) in [5, 5.41) is 8.43. The van der Waals surface area contributed by atoms with Crippen molar-refractivity contribution in [1.82, 2.24) is 9.55 Å². The zero-order chi connectivity index (χ0) is 22.0. The third-order valence-corrected chi connectivity index (χ3v) is 6.64. The number of nitrogens with zero attached hydrogens (tertiary/aromatic N) is 2. The Kier molecular flexibility index (Phi) is 6.23. The molecular weight excluding hydrogens is 408 g/mol. The van der Waals surface area contributed by atoms with Crippen LogP contribution in [0.3, 0.4) is 0 Å². The van der Waals surface area contributed by atoms with E-state index in [0.717, 1.165) is 35.5 Å². The van der Waals surface area contributed by atoms with Crippen LogP contribution in [0.15, 0.2) is 35.7 Å². The number of carbonyl (C=O) groups excluding carboxylic acids is 2. The molecule has 0 radical (unpaired) electrons. The van der Waals surface area contributed by atoms with Crippen molar-refractivity contribution >= 4 is 34.0 Å². The number of aromatic nitrogens is 2. The van der Waals surface area contributed by atoms with Gasteiger partial charge in [-0.05, 0) is 50.8 Å². The molecule has 3 aromatic rings. The summed E-state index contributed by atoms with van der Waals surface area (Å²) in [5.74, 6) is -0.300. The van der Waals surface area contributed by atoms with Gasteiger partial charge in [0, 0.05) is 46.9 Å². The molecule has 1 unspecified atom stereocenters. The minimum absolute atomic E-state index is 0.00882. The highest BCUT2D eigenvalue weighted by atomic mass is 32.1. The van der Waals surface area contributed by atoms with Crippen molar-refractivity contribution in [3.8, 4) is 11.3 Å². The zero-order valence-corrected chi connectivity index (χ0v) is 19.0. The highest BCUT2D eigenvalue weighted by Crippen LogP contribution is 2.31. The minimum atomic E-state index is -0.184. The number of rotatable bonds is 7. The average Bonchev–Trinajstić information content (AvgIpc) is 3.32. The van der Waals surface area contributed by atoms with Crippen LogP contribution in [0.1, 0.15) is 43.1 Å². The first kappa shape index (κ1) is 21.3. The summed E-state index contributed by atoms with van der Waals surface area (Å²) >= 11 is 1.43. The molecule has 6 nitrogen and oxygen atoms in total. The Hall–Kier alpha value is -2.93. The van der Waals surface area contributed by atoms with Crippen molar-refractivity contribution in [2.24, 2.45) is 5.92 Å². The molecule has 162 valence electrons. The molecular formula is C24H28N4O2S. The number of fused-ring (bicyclic) bond motifs is 1. The standard InChI is InChI=1S/C24H28N4O2S/c1-4-11-28-15(2)12-19(16(28)3)21-14-31-24(26-21)27-22(29)10-9-18-13-17-7-5-6-8-20(17)25-23(18)30/h5-8,12,14,18H,4,9-11,13H2,1-3H3,(H,25,30)(H,26,27,29). The Morgan fingerprint density at radius 2 is 2.13 bits per heavy atom. The van der Waals surface area contributed by atoms with E-state index in [1.165, 1.54) is 22.7 Å². The highest BCUT2D eigenvalue weighted by Gasteiger charge is 2.26. The van der Waals surface area contributed by atoms with E-state index in [0.29, 0.717) is 24.4 Å². The number of carbonyl (C=O) groups is 2. The van der Waals surface area contributed by atoms with Crippen LogP contribution in [0, 0.1) is 19.8 Å². The minimum Gasteiger partial charge on any atom is -0.348 e. The summed E-state index contributed by atoms with van der Waals surface area (Å²) < 4.78 is 2.31. The lowest BCUT2D eigenvalue weighted by molar-refractivity contribution is -0.121. The molecule has 0 spiro atoms. The van der Waals surface area contributed by atoms with Crippen LogP contribution < -0.4 is 10.6 Å². The lowest BCUT2D eigenvalue weighted by atomic mass is 9.89. The van der Waals surface area contributed by atoms with Gasteiger partial charge < -0.3 is 15.2 Å². The van der Waals surface area contributed by atoms with Gasteiger partial charge in [0.1, 0.15) is 0 Å². The van der Waals surface area contributed by atoms with E-state index in [1.807, 2.05) is 29.6 Å². The summed E-state index contributed by atoms with van der Waals surface area (Å²) in [7, 11) is 0. The predicted molar refractivity (Wildman–Crippen MR) is 125 cm³/mol. The number of thiazole rings is 1. The molecule has 1 atom stereocenters. The number of hydrogen-bond donors (Lipinski definition) is 2. The molecule has 0 aliphatic carbocycles. The average molecular weight is 437 g/mol. The smallest absolute Gasteiger partial charge is 0.227 e.